The van der Waals surface area contributed by atoms with Crippen molar-refractivity contribution < 1.29 is 9.26 Å². The van der Waals surface area contributed by atoms with Crippen LogP contribution in [0.15, 0.2) is 4.52 Å². The zero-order valence-corrected chi connectivity index (χ0v) is 7.41. The topological polar surface area (TPSA) is 48.2 Å². The minimum Gasteiger partial charge on any atom is -0.378 e. The summed E-state index contributed by atoms with van der Waals surface area (Å²) in [6.07, 6.45) is 1.21. The first-order chi connectivity index (χ1) is 5.75. The summed E-state index contributed by atoms with van der Waals surface area (Å²) in [5.74, 6) is 0.810. The van der Waals surface area contributed by atoms with Gasteiger partial charge in [0.15, 0.2) is 0 Å². The summed E-state index contributed by atoms with van der Waals surface area (Å²) in [5, 5.41) is 3.68. The van der Waals surface area contributed by atoms with Crippen LogP contribution in [0.4, 0.5) is 0 Å². The minimum absolute atomic E-state index is 0.171. The van der Waals surface area contributed by atoms with Gasteiger partial charge in [-0.1, -0.05) is 0 Å². The third-order valence-corrected chi connectivity index (χ3v) is 2.12. The molecule has 4 nitrogen and oxygen atoms in total. The van der Waals surface area contributed by atoms with Crippen LogP contribution in [-0.2, 0) is 4.74 Å². The molecular formula is C7H9ClN2O2. The minimum atomic E-state index is 0.171. The molecule has 1 aliphatic heterocycles. The number of hydrogen-bond donors (Lipinski definition) is 0. The monoisotopic (exact) mass is 188 g/mol. The Labute approximate surface area is 74.9 Å². The molecule has 2 rings (SSSR count). The van der Waals surface area contributed by atoms with E-state index in [-0.39, 0.29) is 17.3 Å². The second-order valence-electron chi connectivity index (χ2n) is 2.98. The molecule has 66 valence electrons. The average Bonchev–Trinajstić information content (AvgIpc) is 2.58. The van der Waals surface area contributed by atoms with Gasteiger partial charge in [0.2, 0.25) is 5.89 Å². The molecule has 0 aromatic carbocycles. The molecular weight excluding hydrogens is 180 g/mol. The van der Waals surface area contributed by atoms with Gasteiger partial charge in [0.1, 0.15) is 0 Å². The second-order valence-corrected chi connectivity index (χ2v) is 3.32. The van der Waals surface area contributed by atoms with Crippen LogP contribution in [0.25, 0.3) is 0 Å². The maximum Gasteiger partial charge on any atom is 0.263 e. The van der Waals surface area contributed by atoms with Crippen molar-refractivity contribution in [1.82, 2.24) is 10.1 Å². The highest BCUT2D eigenvalue weighted by Crippen LogP contribution is 2.28. The number of halogens is 1. The normalized spacial score (nSPS) is 29.5. The lowest BCUT2D eigenvalue weighted by molar-refractivity contribution is 0.122. The van der Waals surface area contributed by atoms with Crippen molar-refractivity contribution in [3.8, 4) is 0 Å². The zero-order valence-electron chi connectivity index (χ0n) is 6.66. The maximum atomic E-state index is 5.52. The van der Waals surface area contributed by atoms with E-state index in [0.29, 0.717) is 12.5 Å². The van der Waals surface area contributed by atoms with Crippen LogP contribution in [0.1, 0.15) is 25.2 Å². The van der Waals surface area contributed by atoms with Gasteiger partial charge in [-0.2, -0.15) is 4.98 Å². The number of aromatic nitrogens is 2. The largest absolute Gasteiger partial charge is 0.378 e. The molecule has 2 unspecified atom stereocenters. The Bertz CT molecular complexity index is 276. The van der Waals surface area contributed by atoms with Crippen LogP contribution >= 0.6 is 11.6 Å². The van der Waals surface area contributed by atoms with Gasteiger partial charge < -0.3 is 9.26 Å². The van der Waals surface area contributed by atoms with Crippen molar-refractivity contribution in [1.29, 1.82) is 0 Å². The Morgan fingerprint density at radius 2 is 2.42 bits per heavy atom. The summed E-state index contributed by atoms with van der Waals surface area (Å²) in [5.41, 5.74) is 0. The predicted octanol–water partition coefficient (Wildman–Crippen LogP) is 1.62. The molecule has 0 bridgehead atoms. The Kier molecular flexibility index (Phi) is 2.02. The summed E-state index contributed by atoms with van der Waals surface area (Å²) in [6.45, 7) is 2.68. The van der Waals surface area contributed by atoms with Crippen LogP contribution in [0.2, 0.25) is 5.28 Å². The summed E-state index contributed by atoms with van der Waals surface area (Å²) in [6, 6.07) is 0. The number of nitrogens with zero attached hydrogens (tertiary/aromatic N) is 2. The van der Waals surface area contributed by atoms with E-state index < -0.39 is 0 Å². The zero-order chi connectivity index (χ0) is 8.55. The molecule has 5 heteroatoms. The molecule has 12 heavy (non-hydrogen) atoms. The van der Waals surface area contributed by atoms with Gasteiger partial charge in [0, 0.05) is 0 Å². The number of rotatable bonds is 1. The highest BCUT2D eigenvalue weighted by Gasteiger charge is 2.27. The van der Waals surface area contributed by atoms with Crippen LogP contribution in [0.3, 0.4) is 0 Å². The highest BCUT2D eigenvalue weighted by atomic mass is 35.5. The summed E-state index contributed by atoms with van der Waals surface area (Å²) < 4.78 is 10.3. The van der Waals surface area contributed by atoms with Gasteiger partial charge in [0.05, 0.1) is 18.6 Å². The van der Waals surface area contributed by atoms with Crippen LogP contribution < -0.4 is 0 Å². The van der Waals surface area contributed by atoms with E-state index >= 15 is 0 Å². The van der Waals surface area contributed by atoms with Crippen molar-refractivity contribution >= 4 is 11.6 Å². The van der Waals surface area contributed by atoms with Crippen molar-refractivity contribution in [2.75, 3.05) is 6.61 Å². The molecule has 1 aromatic heterocycles. The van der Waals surface area contributed by atoms with Crippen LogP contribution in [0.5, 0.6) is 0 Å². The molecule has 1 aromatic rings. The Morgan fingerprint density at radius 3 is 2.92 bits per heavy atom. The van der Waals surface area contributed by atoms with Gasteiger partial charge in [-0.3, -0.25) is 0 Å². The van der Waals surface area contributed by atoms with E-state index in [1.165, 1.54) is 0 Å². The first kappa shape index (κ1) is 8.01. The highest BCUT2D eigenvalue weighted by molar-refractivity contribution is 6.28. The lowest BCUT2D eigenvalue weighted by Gasteiger charge is -1.97. The fourth-order valence-corrected chi connectivity index (χ4v) is 1.49. The Morgan fingerprint density at radius 1 is 1.58 bits per heavy atom. The molecule has 1 aliphatic rings. The molecule has 2 heterocycles. The average molecular weight is 189 g/mol. The van der Waals surface area contributed by atoms with Crippen molar-refractivity contribution in [2.24, 2.45) is 0 Å². The molecule has 2 atom stereocenters. The summed E-state index contributed by atoms with van der Waals surface area (Å²) in [7, 11) is 0. The van der Waals surface area contributed by atoms with Gasteiger partial charge in [-0.15, -0.1) is 0 Å². The number of ether oxygens (including phenoxy) is 1. The maximum absolute atomic E-state index is 5.52. The van der Waals surface area contributed by atoms with Gasteiger partial charge in [-0.25, -0.2) is 0 Å². The Balaban J connectivity index is 2.11. The van der Waals surface area contributed by atoms with Crippen LogP contribution in [0, 0.1) is 0 Å². The first-order valence-corrected chi connectivity index (χ1v) is 4.24. The van der Waals surface area contributed by atoms with E-state index in [0.717, 1.165) is 6.42 Å². The van der Waals surface area contributed by atoms with Gasteiger partial charge >= 0.3 is 0 Å². The number of hydrogen-bond acceptors (Lipinski definition) is 4. The molecule has 0 spiro atoms. The molecule has 0 N–H and O–H groups in total. The van der Waals surface area contributed by atoms with Gasteiger partial charge in [0.25, 0.3) is 5.28 Å². The van der Waals surface area contributed by atoms with E-state index in [9.17, 15) is 0 Å². The van der Waals surface area contributed by atoms with E-state index in [1.54, 1.807) is 0 Å². The lowest BCUT2D eigenvalue weighted by Crippen LogP contribution is -1.97. The Hall–Kier alpha value is -0.610. The molecule has 0 aliphatic carbocycles. The quantitative estimate of drug-likeness (QED) is 0.672. The SMILES string of the molecule is CC1CC(c2nc(Cl)no2)CO1. The van der Waals surface area contributed by atoms with E-state index in [2.05, 4.69) is 10.1 Å². The van der Waals surface area contributed by atoms with Crippen molar-refractivity contribution in [3.63, 3.8) is 0 Å². The summed E-state index contributed by atoms with van der Waals surface area (Å²) in [4.78, 5) is 3.93. The van der Waals surface area contributed by atoms with Crippen molar-refractivity contribution in [2.45, 2.75) is 25.4 Å². The summed E-state index contributed by atoms with van der Waals surface area (Å²) >= 11 is 5.52. The van der Waals surface area contributed by atoms with Gasteiger partial charge in [-0.05, 0) is 30.1 Å². The molecule has 1 fully saturated rings. The molecule has 0 saturated carbocycles. The molecule has 0 radical (unpaired) electrons. The standard InChI is InChI=1S/C7H9ClN2O2/c1-4-2-5(3-11-4)6-9-7(8)10-12-6/h4-5H,2-3H2,1H3. The van der Waals surface area contributed by atoms with Crippen LogP contribution in [-0.4, -0.2) is 22.9 Å². The smallest absolute Gasteiger partial charge is 0.263 e. The van der Waals surface area contributed by atoms with E-state index in [4.69, 9.17) is 20.9 Å². The van der Waals surface area contributed by atoms with Crippen molar-refractivity contribution in [3.05, 3.63) is 11.2 Å². The molecule has 1 saturated heterocycles. The van der Waals surface area contributed by atoms with E-state index in [1.807, 2.05) is 6.92 Å². The first-order valence-electron chi connectivity index (χ1n) is 3.86. The lowest BCUT2D eigenvalue weighted by atomic mass is 10.1. The fourth-order valence-electron chi connectivity index (χ4n) is 1.37. The predicted molar refractivity (Wildman–Crippen MR) is 42.1 cm³/mol. The third kappa shape index (κ3) is 1.44. The second kappa shape index (κ2) is 3.03. The molecule has 0 amide bonds. The fraction of sp³-hybridized carbons (Fsp3) is 0.714. The third-order valence-electron chi connectivity index (χ3n) is 1.96.